The van der Waals surface area contributed by atoms with Gasteiger partial charge in [0.05, 0.1) is 0 Å². The van der Waals surface area contributed by atoms with Gasteiger partial charge in [0.1, 0.15) is 18.2 Å². The molecule has 1 amide bonds. The predicted octanol–water partition coefficient (Wildman–Crippen LogP) is 5.70. The van der Waals surface area contributed by atoms with E-state index < -0.39 is 5.82 Å². The minimum Gasteiger partial charge on any atom is -0.489 e. The Morgan fingerprint density at radius 3 is 2.38 bits per heavy atom. The lowest BCUT2D eigenvalue weighted by molar-refractivity contribution is 0.0722. The number of rotatable bonds is 8. The first kappa shape index (κ1) is 20.6. The molecule has 150 valence electrons. The second-order valence-corrected chi connectivity index (χ2v) is 7.51. The molecule has 3 rings (SSSR count). The molecule has 0 N–H and O–H groups in total. The third-order valence-corrected chi connectivity index (χ3v) is 4.46. The number of carbonyl (C=O) groups excluding carboxylic acids is 1. The summed E-state index contributed by atoms with van der Waals surface area (Å²) in [5, 5.41) is 0. The molecule has 0 aliphatic heterocycles. The van der Waals surface area contributed by atoms with Crippen molar-refractivity contribution < 1.29 is 13.9 Å². The van der Waals surface area contributed by atoms with Crippen LogP contribution in [0, 0.1) is 11.7 Å². The highest BCUT2D eigenvalue weighted by molar-refractivity contribution is 5.94. The molecule has 0 saturated carbocycles. The number of benzene rings is 3. The summed E-state index contributed by atoms with van der Waals surface area (Å²) in [6, 6.07) is 23.6. The van der Waals surface area contributed by atoms with Crippen molar-refractivity contribution in [1.29, 1.82) is 0 Å². The number of halogens is 1. The Morgan fingerprint density at radius 2 is 1.66 bits per heavy atom. The quantitative estimate of drug-likeness (QED) is 0.493. The number of amides is 1. The molecule has 0 saturated heterocycles. The van der Waals surface area contributed by atoms with Gasteiger partial charge in [0.2, 0.25) is 0 Å². The highest BCUT2D eigenvalue weighted by Crippen LogP contribution is 2.19. The Balaban J connectivity index is 1.72. The smallest absolute Gasteiger partial charge is 0.254 e. The fourth-order valence-electron chi connectivity index (χ4n) is 3.16. The van der Waals surface area contributed by atoms with Gasteiger partial charge < -0.3 is 9.64 Å². The Hall–Kier alpha value is -3.14. The van der Waals surface area contributed by atoms with Gasteiger partial charge in [-0.2, -0.15) is 0 Å². The van der Waals surface area contributed by atoms with E-state index in [-0.39, 0.29) is 5.91 Å². The lowest BCUT2D eigenvalue weighted by atomic mass is 10.1. The second-order valence-electron chi connectivity index (χ2n) is 7.51. The average molecular weight is 391 g/mol. The lowest BCUT2D eigenvalue weighted by Gasteiger charge is -2.25. The van der Waals surface area contributed by atoms with Crippen LogP contribution >= 0.6 is 0 Å². The molecule has 0 heterocycles. The molecule has 3 nitrogen and oxygen atoms in total. The zero-order valence-corrected chi connectivity index (χ0v) is 16.8. The average Bonchev–Trinajstić information content (AvgIpc) is 2.72. The van der Waals surface area contributed by atoms with Gasteiger partial charge in [-0.3, -0.25) is 4.79 Å². The summed E-state index contributed by atoms with van der Waals surface area (Å²) in [5.41, 5.74) is 2.43. The summed E-state index contributed by atoms with van der Waals surface area (Å²) < 4.78 is 19.5. The Kier molecular flexibility index (Phi) is 7.01. The van der Waals surface area contributed by atoms with Crippen LogP contribution in [0.5, 0.6) is 5.75 Å². The Bertz CT molecular complexity index is 940. The van der Waals surface area contributed by atoms with Gasteiger partial charge in [-0.25, -0.2) is 4.39 Å². The van der Waals surface area contributed by atoms with Gasteiger partial charge in [-0.1, -0.05) is 62.4 Å². The summed E-state index contributed by atoms with van der Waals surface area (Å²) >= 11 is 0. The SMILES string of the molecule is CC(C)CN(Cc1cccc(OCc2ccccc2)c1)C(=O)c1cccc(F)c1. The summed E-state index contributed by atoms with van der Waals surface area (Å²) in [4.78, 5) is 14.7. The van der Waals surface area contributed by atoms with E-state index in [2.05, 4.69) is 13.8 Å². The van der Waals surface area contributed by atoms with E-state index in [1.165, 1.54) is 12.1 Å². The first-order valence-corrected chi connectivity index (χ1v) is 9.82. The number of nitrogens with zero attached hydrogens (tertiary/aromatic N) is 1. The highest BCUT2D eigenvalue weighted by Gasteiger charge is 2.18. The summed E-state index contributed by atoms with van der Waals surface area (Å²) in [5.74, 6) is 0.476. The van der Waals surface area contributed by atoms with Crippen molar-refractivity contribution in [3.05, 3.63) is 101 Å². The third-order valence-electron chi connectivity index (χ3n) is 4.46. The molecule has 0 atom stereocenters. The molecular formula is C25H26FNO2. The highest BCUT2D eigenvalue weighted by atomic mass is 19.1. The molecule has 0 aliphatic rings. The molecule has 3 aromatic carbocycles. The molecule has 0 unspecified atom stereocenters. The number of ether oxygens (including phenoxy) is 1. The summed E-state index contributed by atoms with van der Waals surface area (Å²) in [6.45, 7) is 5.64. The number of carbonyl (C=O) groups is 1. The van der Waals surface area contributed by atoms with Gasteiger partial charge in [0.15, 0.2) is 0 Å². The van der Waals surface area contributed by atoms with Crippen LogP contribution in [-0.4, -0.2) is 17.4 Å². The van der Waals surface area contributed by atoms with Crippen LogP contribution in [0.15, 0.2) is 78.9 Å². The minimum atomic E-state index is -0.406. The Labute approximate surface area is 171 Å². The molecule has 4 heteroatoms. The molecule has 3 aromatic rings. The van der Waals surface area contributed by atoms with Crippen molar-refractivity contribution in [3.8, 4) is 5.75 Å². The molecule has 0 fully saturated rings. The largest absolute Gasteiger partial charge is 0.489 e. The maximum Gasteiger partial charge on any atom is 0.254 e. The van der Waals surface area contributed by atoms with Crippen LogP contribution in [-0.2, 0) is 13.2 Å². The van der Waals surface area contributed by atoms with Crippen LogP contribution in [0.2, 0.25) is 0 Å². The van der Waals surface area contributed by atoms with E-state index in [9.17, 15) is 9.18 Å². The zero-order chi connectivity index (χ0) is 20.6. The van der Waals surface area contributed by atoms with Gasteiger partial charge in [-0.15, -0.1) is 0 Å². The van der Waals surface area contributed by atoms with Crippen LogP contribution in [0.1, 0.15) is 35.3 Å². The van der Waals surface area contributed by atoms with E-state index >= 15 is 0 Å². The normalized spacial score (nSPS) is 10.8. The van der Waals surface area contributed by atoms with Crippen molar-refractivity contribution in [2.45, 2.75) is 27.0 Å². The maximum atomic E-state index is 13.6. The molecule has 0 radical (unpaired) electrons. The van der Waals surface area contributed by atoms with Crippen molar-refractivity contribution in [1.82, 2.24) is 4.90 Å². The molecule has 0 aliphatic carbocycles. The van der Waals surface area contributed by atoms with Gasteiger partial charge >= 0.3 is 0 Å². The van der Waals surface area contributed by atoms with Crippen molar-refractivity contribution >= 4 is 5.91 Å². The summed E-state index contributed by atoms with van der Waals surface area (Å²) in [7, 11) is 0. The fraction of sp³-hybridized carbons (Fsp3) is 0.240. The lowest BCUT2D eigenvalue weighted by Crippen LogP contribution is -2.33. The van der Waals surface area contributed by atoms with E-state index in [1.807, 2.05) is 54.6 Å². The van der Waals surface area contributed by atoms with E-state index in [0.29, 0.717) is 31.2 Å². The van der Waals surface area contributed by atoms with Gasteiger partial charge in [0.25, 0.3) is 5.91 Å². The standard InChI is InChI=1S/C25H26FNO2/c1-19(2)16-27(25(28)22-11-7-12-23(26)15-22)17-21-10-6-13-24(14-21)29-18-20-8-4-3-5-9-20/h3-15,19H,16-18H2,1-2H3. The molecule has 0 aromatic heterocycles. The van der Waals surface area contributed by atoms with Crippen molar-refractivity contribution in [3.63, 3.8) is 0 Å². The van der Waals surface area contributed by atoms with E-state index in [0.717, 1.165) is 16.9 Å². The Morgan fingerprint density at radius 1 is 0.931 bits per heavy atom. The first-order valence-electron chi connectivity index (χ1n) is 9.82. The summed E-state index contributed by atoms with van der Waals surface area (Å²) in [6.07, 6.45) is 0. The van der Waals surface area contributed by atoms with Crippen LogP contribution in [0.4, 0.5) is 4.39 Å². The van der Waals surface area contributed by atoms with Crippen molar-refractivity contribution in [2.24, 2.45) is 5.92 Å². The zero-order valence-electron chi connectivity index (χ0n) is 16.8. The van der Waals surface area contributed by atoms with Crippen LogP contribution < -0.4 is 4.74 Å². The fourth-order valence-corrected chi connectivity index (χ4v) is 3.16. The van der Waals surface area contributed by atoms with Crippen LogP contribution in [0.3, 0.4) is 0 Å². The van der Waals surface area contributed by atoms with E-state index in [4.69, 9.17) is 4.74 Å². The van der Waals surface area contributed by atoms with Gasteiger partial charge in [0, 0.05) is 18.7 Å². The molecule has 29 heavy (non-hydrogen) atoms. The van der Waals surface area contributed by atoms with E-state index in [1.54, 1.807) is 17.0 Å². The monoisotopic (exact) mass is 391 g/mol. The first-order chi connectivity index (χ1) is 14.0. The predicted molar refractivity (Wildman–Crippen MR) is 113 cm³/mol. The maximum absolute atomic E-state index is 13.6. The third kappa shape index (κ3) is 6.18. The molecule has 0 bridgehead atoms. The number of hydrogen-bond donors (Lipinski definition) is 0. The van der Waals surface area contributed by atoms with Crippen LogP contribution in [0.25, 0.3) is 0 Å². The molecular weight excluding hydrogens is 365 g/mol. The van der Waals surface area contributed by atoms with Crippen molar-refractivity contribution in [2.75, 3.05) is 6.54 Å². The van der Waals surface area contributed by atoms with Gasteiger partial charge in [-0.05, 0) is 47.4 Å². The molecule has 0 spiro atoms. The topological polar surface area (TPSA) is 29.5 Å². The number of hydrogen-bond acceptors (Lipinski definition) is 2. The second kappa shape index (κ2) is 9.87. The minimum absolute atomic E-state index is 0.172.